The van der Waals surface area contributed by atoms with Gasteiger partial charge in [-0.3, -0.25) is 0 Å². The van der Waals surface area contributed by atoms with E-state index in [1.807, 2.05) is 35.2 Å². The van der Waals surface area contributed by atoms with Gasteiger partial charge in [-0.1, -0.05) is 30.3 Å². The number of nitrogens with zero attached hydrogens (tertiary/aromatic N) is 2. The number of rotatable bonds is 2. The number of aliphatic hydroxyl groups is 1. The van der Waals surface area contributed by atoms with Crippen molar-refractivity contribution in [3.05, 3.63) is 41.1 Å². The van der Waals surface area contributed by atoms with Crippen molar-refractivity contribution in [2.24, 2.45) is 0 Å². The van der Waals surface area contributed by atoms with E-state index < -0.39 is 11.8 Å². The van der Waals surface area contributed by atoms with Crippen LogP contribution in [0.1, 0.15) is 18.9 Å². The highest BCUT2D eigenvalue weighted by atomic mass is 16.5. The molecule has 1 fully saturated rings. The topological polar surface area (TPSA) is 58.8 Å². The number of morpholine rings is 1. The fraction of sp³-hybridized carbons (Fsp3) is 0.533. The molecular formula is C15H20N2O3. The Morgan fingerprint density at radius 1 is 1.30 bits per heavy atom. The lowest BCUT2D eigenvalue weighted by Crippen LogP contribution is -2.55. The molecule has 20 heavy (non-hydrogen) atoms. The fourth-order valence-electron chi connectivity index (χ4n) is 3.21. The van der Waals surface area contributed by atoms with E-state index in [0.29, 0.717) is 38.4 Å². The van der Waals surface area contributed by atoms with Crippen molar-refractivity contribution in [2.45, 2.75) is 25.1 Å². The molecular weight excluding hydrogens is 256 g/mol. The van der Waals surface area contributed by atoms with E-state index >= 15 is 0 Å². The van der Waals surface area contributed by atoms with Gasteiger partial charge in [-0.2, -0.15) is 4.74 Å². The largest absolute Gasteiger partial charge is 0.623 e. The summed E-state index contributed by atoms with van der Waals surface area (Å²) >= 11 is 0. The van der Waals surface area contributed by atoms with Crippen LogP contribution in [0.4, 0.5) is 0 Å². The second kappa shape index (κ2) is 5.16. The molecule has 0 aromatic heterocycles. The molecule has 1 N–H and O–H groups in total. The van der Waals surface area contributed by atoms with Crippen LogP contribution in [0.2, 0.25) is 0 Å². The summed E-state index contributed by atoms with van der Waals surface area (Å²) in [4.78, 5) is 2.03. The van der Waals surface area contributed by atoms with E-state index in [-0.39, 0.29) is 0 Å². The number of hydroxylamine groups is 1. The lowest BCUT2D eigenvalue weighted by atomic mass is 9.87. The summed E-state index contributed by atoms with van der Waals surface area (Å²) in [7, 11) is 0. The maximum atomic E-state index is 12.4. The van der Waals surface area contributed by atoms with Crippen LogP contribution in [-0.4, -0.2) is 52.9 Å². The highest BCUT2D eigenvalue weighted by Crippen LogP contribution is 2.37. The van der Waals surface area contributed by atoms with Crippen LogP contribution in [0.25, 0.3) is 0 Å². The maximum Gasteiger partial charge on any atom is 0.253 e. The molecule has 1 aromatic rings. The monoisotopic (exact) mass is 276 g/mol. The van der Waals surface area contributed by atoms with Crippen LogP contribution in [-0.2, 0) is 10.3 Å². The standard InChI is InChI=1S/C15H20N2O3/c1-12-11-15(18,13-5-3-2-4-6-13)14(17(12)19)16-7-9-20-10-8-16/h2-6,14,18H,7-11H2,1H3/t14-,15+/m1/s1. The summed E-state index contributed by atoms with van der Waals surface area (Å²) in [5, 5.41) is 23.6. The summed E-state index contributed by atoms with van der Waals surface area (Å²) in [6.07, 6.45) is -0.184. The predicted molar refractivity (Wildman–Crippen MR) is 75.4 cm³/mol. The maximum absolute atomic E-state index is 12.4. The van der Waals surface area contributed by atoms with E-state index in [0.717, 1.165) is 10.3 Å². The first kappa shape index (κ1) is 13.5. The molecule has 0 saturated carbocycles. The number of benzene rings is 1. The van der Waals surface area contributed by atoms with E-state index in [1.165, 1.54) is 0 Å². The zero-order valence-electron chi connectivity index (χ0n) is 11.7. The Bertz CT molecular complexity index is 511. The van der Waals surface area contributed by atoms with E-state index in [1.54, 1.807) is 6.92 Å². The Morgan fingerprint density at radius 2 is 1.95 bits per heavy atom. The molecule has 2 atom stereocenters. The molecule has 3 rings (SSSR count). The van der Waals surface area contributed by atoms with Gasteiger partial charge < -0.3 is 15.1 Å². The zero-order valence-corrected chi connectivity index (χ0v) is 11.7. The fourth-order valence-corrected chi connectivity index (χ4v) is 3.21. The van der Waals surface area contributed by atoms with Crippen LogP contribution in [0.5, 0.6) is 0 Å². The molecule has 0 unspecified atom stereocenters. The molecule has 108 valence electrons. The summed E-state index contributed by atoms with van der Waals surface area (Å²) in [5.41, 5.74) is 0.326. The third kappa shape index (κ3) is 2.12. The van der Waals surface area contributed by atoms with E-state index in [9.17, 15) is 10.3 Å². The van der Waals surface area contributed by atoms with E-state index in [2.05, 4.69) is 0 Å². The van der Waals surface area contributed by atoms with E-state index in [4.69, 9.17) is 4.74 Å². The predicted octanol–water partition coefficient (Wildman–Crippen LogP) is 0.907. The van der Waals surface area contributed by atoms with Crippen LogP contribution >= 0.6 is 0 Å². The minimum atomic E-state index is -1.15. The van der Waals surface area contributed by atoms with Gasteiger partial charge in [0.25, 0.3) is 6.17 Å². The SMILES string of the molecule is CC1=[N+]([O-])[C@@H](N2CCOCC2)[C@@](O)(c2ccccc2)C1. The van der Waals surface area contributed by atoms with Gasteiger partial charge in [0.1, 0.15) is 0 Å². The third-order valence-corrected chi connectivity index (χ3v) is 4.22. The Labute approximate surface area is 118 Å². The van der Waals surface area contributed by atoms with Crippen molar-refractivity contribution in [3.63, 3.8) is 0 Å². The van der Waals surface area contributed by atoms with Gasteiger partial charge in [0.15, 0.2) is 11.3 Å². The first-order valence-electron chi connectivity index (χ1n) is 7.01. The number of hydrogen-bond donors (Lipinski definition) is 1. The van der Waals surface area contributed by atoms with Crippen molar-refractivity contribution in [1.29, 1.82) is 0 Å². The Balaban J connectivity index is 1.97. The van der Waals surface area contributed by atoms with Gasteiger partial charge >= 0.3 is 0 Å². The molecule has 2 aliphatic heterocycles. The first-order chi connectivity index (χ1) is 9.63. The first-order valence-corrected chi connectivity index (χ1v) is 7.01. The number of ether oxygens (including phenoxy) is 1. The second-order valence-corrected chi connectivity index (χ2v) is 5.55. The Hall–Kier alpha value is -1.43. The molecule has 1 saturated heterocycles. The van der Waals surface area contributed by atoms with Crippen molar-refractivity contribution >= 4 is 5.71 Å². The molecule has 1 aromatic carbocycles. The second-order valence-electron chi connectivity index (χ2n) is 5.55. The quantitative estimate of drug-likeness (QED) is 0.644. The Kier molecular flexibility index (Phi) is 3.50. The zero-order chi connectivity index (χ0) is 14.2. The molecule has 5 heteroatoms. The molecule has 0 radical (unpaired) electrons. The smallest absolute Gasteiger partial charge is 0.253 e. The van der Waals surface area contributed by atoms with Crippen LogP contribution in [0.3, 0.4) is 0 Å². The molecule has 2 aliphatic rings. The average Bonchev–Trinajstić information content (AvgIpc) is 2.72. The van der Waals surface area contributed by atoms with Gasteiger partial charge in [0, 0.05) is 20.0 Å². The summed E-state index contributed by atoms with van der Waals surface area (Å²) in [6.45, 7) is 4.35. The molecule has 5 nitrogen and oxygen atoms in total. The molecule has 2 heterocycles. The summed E-state index contributed by atoms with van der Waals surface area (Å²) in [5.74, 6) is 0. The highest BCUT2D eigenvalue weighted by Gasteiger charge is 2.54. The highest BCUT2D eigenvalue weighted by molar-refractivity contribution is 5.80. The minimum absolute atomic E-state index is 0.378. The van der Waals surface area contributed by atoms with Crippen LogP contribution in [0, 0.1) is 5.21 Å². The molecule has 0 bridgehead atoms. The van der Waals surface area contributed by atoms with Gasteiger partial charge in [-0.15, -0.1) is 0 Å². The lowest BCUT2D eigenvalue weighted by Gasteiger charge is -2.37. The van der Waals surface area contributed by atoms with Gasteiger partial charge in [0.05, 0.1) is 19.6 Å². The molecule has 0 spiro atoms. The van der Waals surface area contributed by atoms with Crippen molar-refractivity contribution in [3.8, 4) is 0 Å². The summed E-state index contributed by atoms with van der Waals surface area (Å²) < 4.78 is 6.32. The van der Waals surface area contributed by atoms with Crippen molar-refractivity contribution in [1.82, 2.24) is 4.90 Å². The summed E-state index contributed by atoms with van der Waals surface area (Å²) in [6, 6.07) is 9.48. The number of hydrogen-bond acceptors (Lipinski definition) is 4. The third-order valence-electron chi connectivity index (χ3n) is 4.22. The minimum Gasteiger partial charge on any atom is -0.623 e. The lowest BCUT2D eigenvalue weighted by molar-refractivity contribution is -0.546. The average molecular weight is 276 g/mol. The molecule has 0 aliphatic carbocycles. The van der Waals surface area contributed by atoms with Gasteiger partial charge in [0.2, 0.25) is 0 Å². The van der Waals surface area contributed by atoms with Crippen molar-refractivity contribution < 1.29 is 14.6 Å². The van der Waals surface area contributed by atoms with Gasteiger partial charge in [-0.05, 0) is 5.56 Å². The van der Waals surface area contributed by atoms with Crippen LogP contribution < -0.4 is 0 Å². The van der Waals surface area contributed by atoms with Gasteiger partial charge in [-0.25, -0.2) is 4.90 Å². The van der Waals surface area contributed by atoms with Crippen molar-refractivity contribution in [2.75, 3.05) is 26.3 Å². The Morgan fingerprint density at radius 3 is 2.60 bits per heavy atom. The molecule has 0 amide bonds. The normalized spacial score (nSPS) is 31.8. The van der Waals surface area contributed by atoms with Crippen LogP contribution in [0.15, 0.2) is 30.3 Å².